The molecule has 0 unspecified atom stereocenters. The van der Waals surface area contributed by atoms with Gasteiger partial charge in [0.25, 0.3) is 0 Å². The molecule has 0 bridgehead atoms. The van der Waals surface area contributed by atoms with Crippen LogP contribution in [0.2, 0.25) is 0 Å². The number of nitrogens with one attached hydrogen (secondary N) is 1. The maximum Gasteiger partial charge on any atom is 0.339 e. The molecule has 0 fully saturated rings. The van der Waals surface area contributed by atoms with Crippen LogP contribution in [0.25, 0.3) is 5.69 Å². The minimum atomic E-state index is -1.15. The van der Waals surface area contributed by atoms with Crippen molar-refractivity contribution in [3.8, 4) is 28.7 Å². The van der Waals surface area contributed by atoms with E-state index in [1.54, 1.807) is 35.9 Å². The van der Waals surface area contributed by atoms with Crippen LogP contribution in [0.1, 0.15) is 34.0 Å². The topological polar surface area (TPSA) is 108 Å². The summed E-state index contributed by atoms with van der Waals surface area (Å²) in [5.41, 5.74) is 2.23. The molecule has 0 saturated carbocycles. The van der Waals surface area contributed by atoms with Gasteiger partial charge in [-0.15, -0.1) is 0 Å². The van der Waals surface area contributed by atoms with Crippen molar-refractivity contribution < 1.29 is 33.6 Å². The number of rotatable bonds is 7. The molecule has 0 spiro atoms. The van der Waals surface area contributed by atoms with Gasteiger partial charge >= 0.3 is 5.97 Å². The van der Waals surface area contributed by atoms with Gasteiger partial charge in [0.1, 0.15) is 17.1 Å². The molecule has 2 aromatic carbocycles. The first-order valence-corrected chi connectivity index (χ1v) is 10.1. The normalized spacial score (nSPS) is 14.8. The van der Waals surface area contributed by atoms with Crippen LogP contribution in [0.15, 0.2) is 42.6 Å². The summed E-state index contributed by atoms with van der Waals surface area (Å²) in [5, 5.41) is 12.6. The Bertz CT molecular complexity index is 1230. The van der Waals surface area contributed by atoms with Gasteiger partial charge in [-0.25, -0.2) is 4.79 Å². The Balaban J connectivity index is 2.00. The molecule has 1 aliphatic heterocycles. The number of anilines is 1. The lowest BCUT2D eigenvalue weighted by molar-refractivity contribution is -0.116. The van der Waals surface area contributed by atoms with Gasteiger partial charge in [-0.2, -0.15) is 0 Å². The fourth-order valence-electron chi connectivity index (χ4n) is 4.19. The van der Waals surface area contributed by atoms with Crippen molar-refractivity contribution in [1.82, 2.24) is 4.57 Å². The maximum atomic E-state index is 12.7. The van der Waals surface area contributed by atoms with Crippen LogP contribution < -0.4 is 24.3 Å². The summed E-state index contributed by atoms with van der Waals surface area (Å²) in [6.07, 6.45) is 1.60. The number of nitrogens with zero attached hydrogens (tertiary/aromatic N) is 1. The first kappa shape index (κ1) is 22.1. The lowest BCUT2D eigenvalue weighted by Crippen LogP contribution is -2.26. The van der Waals surface area contributed by atoms with Gasteiger partial charge in [0, 0.05) is 41.9 Å². The second-order valence-electron chi connectivity index (χ2n) is 7.43. The number of carboxylic acid groups (broad SMARTS) is 1. The van der Waals surface area contributed by atoms with Crippen LogP contribution in [-0.4, -0.2) is 50.0 Å². The molecule has 1 aliphatic rings. The van der Waals surface area contributed by atoms with Crippen molar-refractivity contribution in [1.29, 1.82) is 0 Å². The van der Waals surface area contributed by atoms with Gasteiger partial charge < -0.3 is 33.9 Å². The van der Waals surface area contributed by atoms with E-state index in [9.17, 15) is 14.7 Å². The molecule has 33 heavy (non-hydrogen) atoms. The molecule has 1 atom stereocenters. The first-order valence-electron chi connectivity index (χ1n) is 10.1. The van der Waals surface area contributed by atoms with Gasteiger partial charge in [-0.3, -0.25) is 4.79 Å². The number of carboxylic acids is 1. The van der Waals surface area contributed by atoms with Gasteiger partial charge in [-0.05, 0) is 18.2 Å². The van der Waals surface area contributed by atoms with Crippen molar-refractivity contribution in [3.63, 3.8) is 0 Å². The van der Waals surface area contributed by atoms with E-state index in [4.69, 9.17) is 18.9 Å². The van der Waals surface area contributed by atoms with E-state index in [1.807, 2.05) is 12.1 Å². The Labute approximate surface area is 190 Å². The zero-order chi connectivity index (χ0) is 23.7. The molecule has 1 amide bonds. The number of amides is 1. The number of hydrogen-bond donors (Lipinski definition) is 2. The number of carbonyl (C=O) groups excluding carboxylic acids is 1. The number of fused-ring (bicyclic) bond motifs is 1. The van der Waals surface area contributed by atoms with E-state index in [2.05, 4.69) is 5.32 Å². The Hall–Kier alpha value is -4.14. The Morgan fingerprint density at radius 3 is 2.33 bits per heavy atom. The van der Waals surface area contributed by atoms with Gasteiger partial charge in [-0.1, -0.05) is 6.07 Å². The average molecular weight is 452 g/mol. The lowest BCUT2D eigenvalue weighted by atomic mass is 9.87. The highest BCUT2D eigenvalue weighted by atomic mass is 16.5. The summed E-state index contributed by atoms with van der Waals surface area (Å²) in [6.45, 7) is 0. The van der Waals surface area contributed by atoms with Crippen LogP contribution in [-0.2, 0) is 4.79 Å². The van der Waals surface area contributed by atoms with Crippen LogP contribution in [0.3, 0.4) is 0 Å². The number of benzene rings is 2. The number of ether oxygens (including phenoxy) is 4. The third-order valence-electron chi connectivity index (χ3n) is 5.70. The summed E-state index contributed by atoms with van der Waals surface area (Å²) in [7, 11) is 6.13. The van der Waals surface area contributed by atoms with Gasteiger partial charge in [0.15, 0.2) is 11.5 Å². The van der Waals surface area contributed by atoms with E-state index in [1.165, 1.54) is 27.5 Å². The number of methoxy groups -OCH3 is 4. The SMILES string of the molecule is COc1cccc(-n2cc(C(=O)O)c3c2[C@@H](c2cc(OC)c(OC)cc2OC)CC(=O)N3)c1. The molecule has 0 aliphatic carbocycles. The lowest BCUT2D eigenvalue weighted by Gasteiger charge is -2.28. The molecule has 1 aromatic heterocycles. The fourth-order valence-corrected chi connectivity index (χ4v) is 4.19. The summed E-state index contributed by atoms with van der Waals surface area (Å²) in [5.74, 6) is 0.110. The molecular formula is C24H24N2O7. The molecular weight excluding hydrogens is 428 g/mol. The van der Waals surface area contributed by atoms with Gasteiger partial charge in [0.2, 0.25) is 5.91 Å². The van der Waals surface area contributed by atoms with Crippen molar-refractivity contribution in [2.45, 2.75) is 12.3 Å². The fraction of sp³-hybridized carbons (Fsp3) is 0.250. The van der Waals surface area contributed by atoms with Crippen molar-refractivity contribution in [2.75, 3.05) is 33.8 Å². The monoisotopic (exact) mass is 452 g/mol. The van der Waals surface area contributed by atoms with E-state index in [-0.39, 0.29) is 23.6 Å². The molecule has 0 saturated heterocycles. The number of carbonyl (C=O) groups is 2. The smallest absolute Gasteiger partial charge is 0.339 e. The largest absolute Gasteiger partial charge is 0.497 e. The summed E-state index contributed by atoms with van der Waals surface area (Å²) < 4.78 is 23.6. The molecule has 172 valence electrons. The third kappa shape index (κ3) is 3.82. The predicted octanol–water partition coefficient (Wildman–Crippen LogP) is 3.68. The van der Waals surface area contributed by atoms with Gasteiger partial charge in [0.05, 0.1) is 39.8 Å². The number of aromatic carboxylic acids is 1. The van der Waals surface area contributed by atoms with Crippen LogP contribution in [0, 0.1) is 0 Å². The molecule has 2 N–H and O–H groups in total. The van der Waals surface area contributed by atoms with Crippen molar-refractivity contribution >= 4 is 17.6 Å². The van der Waals surface area contributed by atoms with Crippen LogP contribution in [0.4, 0.5) is 5.69 Å². The van der Waals surface area contributed by atoms with E-state index in [0.717, 1.165) is 0 Å². The maximum absolute atomic E-state index is 12.7. The third-order valence-corrected chi connectivity index (χ3v) is 5.70. The molecule has 4 rings (SSSR count). The van der Waals surface area contributed by atoms with E-state index >= 15 is 0 Å². The Kier molecular flexibility index (Phi) is 5.87. The van der Waals surface area contributed by atoms with E-state index < -0.39 is 11.9 Å². The standard InChI is InChI=1S/C24H24N2O7/c1-30-14-7-5-6-13(8-14)26-12-17(24(28)29)22-23(26)16(10-21(27)25-22)15-9-19(32-3)20(33-4)11-18(15)31-2/h5-9,11-12,16H,10H2,1-4H3,(H,25,27)(H,28,29)/t16-/m1/s1. The number of hydrogen-bond acceptors (Lipinski definition) is 6. The highest BCUT2D eigenvalue weighted by Crippen LogP contribution is 2.47. The average Bonchev–Trinajstić information content (AvgIpc) is 3.22. The zero-order valence-electron chi connectivity index (χ0n) is 18.7. The molecule has 9 heteroatoms. The molecule has 2 heterocycles. The first-order chi connectivity index (χ1) is 15.9. The Morgan fingerprint density at radius 1 is 1.00 bits per heavy atom. The van der Waals surface area contributed by atoms with Crippen molar-refractivity contribution in [2.24, 2.45) is 0 Å². The molecule has 3 aromatic rings. The molecule has 9 nitrogen and oxygen atoms in total. The quantitative estimate of drug-likeness (QED) is 0.563. The zero-order valence-corrected chi connectivity index (χ0v) is 18.7. The summed E-state index contributed by atoms with van der Waals surface area (Å²) in [6, 6.07) is 10.7. The second-order valence-corrected chi connectivity index (χ2v) is 7.43. The molecule has 0 radical (unpaired) electrons. The number of aromatic nitrogens is 1. The van der Waals surface area contributed by atoms with Crippen molar-refractivity contribution in [3.05, 3.63) is 59.4 Å². The van der Waals surface area contributed by atoms with Crippen LogP contribution in [0.5, 0.6) is 23.0 Å². The highest BCUT2D eigenvalue weighted by molar-refractivity contribution is 6.04. The van der Waals surface area contributed by atoms with Crippen LogP contribution >= 0.6 is 0 Å². The minimum Gasteiger partial charge on any atom is -0.497 e. The second kappa shape index (κ2) is 8.78. The van der Waals surface area contributed by atoms with E-state index in [0.29, 0.717) is 39.9 Å². The predicted molar refractivity (Wildman–Crippen MR) is 120 cm³/mol. The summed E-state index contributed by atoms with van der Waals surface area (Å²) in [4.78, 5) is 24.7. The summed E-state index contributed by atoms with van der Waals surface area (Å²) >= 11 is 0. The minimum absolute atomic E-state index is 0.00897. The Morgan fingerprint density at radius 2 is 1.70 bits per heavy atom. The highest BCUT2D eigenvalue weighted by Gasteiger charge is 2.36.